The number of carbonyl (C=O) groups is 2. The van der Waals surface area contributed by atoms with Gasteiger partial charge < -0.3 is 60.9 Å². The van der Waals surface area contributed by atoms with Crippen molar-refractivity contribution in [3.8, 4) is 79.7 Å². The molecule has 7 aromatic rings. The molecule has 0 bridgehead atoms. The predicted octanol–water partition coefficient (Wildman–Crippen LogP) is 26.9. The number of fused-ring (bicyclic) bond motifs is 3. The maximum Gasteiger partial charge on any atom is 0.339 e. The van der Waals surface area contributed by atoms with Crippen LogP contribution in [0.1, 0.15) is 311 Å². The van der Waals surface area contributed by atoms with Crippen molar-refractivity contribution in [2.24, 2.45) is 17.8 Å². The van der Waals surface area contributed by atoms with Crippen molar-refractivity contribution in [1.82, 2.24) is 0 Å². The quantitative estimate of drug-likeness (QED) is 0.0178. The number of hydrogen-bond acceptors (Lipinski definition) is 12. The van der Waals surface area contributed by atoms with Crippen LogP contribution < -0.4 is 4.74 Å². The van der Waals surface area contributed by atoms with Crippen LogP contribution in [0, 0.1) is 31.6 Å². The topological polar surface area (TPSA) is 266 Å². The Morgan fingerprint density at radius 1 is 0.410 bits per heavy atom. The number of benzene rings is 7. The summed E-state index contributed by atoms with van der Waals surface area (Å²) in [5.41, 5.74) is 19.5. The zero-order chi connectivity index (χ0) is 86.6. The summed E-state index contributed by atoms with van der Waals surface area (Å²) in [5, 5.41) is 114. The third kappa shape index (κ3) is 23.7. The number of phenols is 9. The number of aromatic carboxylic acids is 2. The van der Waals surface area contributed by atoms with Crippen LogP contribution in [0.15, 0.2) is 157 Å². The van der Waals surface area contributed by atoms with Crippen molar-refractivity contribution in [2.45, 2.75) is 275 Å². The second kappa shape index (κ2) is 42.7. The molecule has 11 rings (SSSR count). The molecule has 0 saturated heterocycles. The largest absolute Gasteiger partial charge is 0.507 e. The number of hydrogen-bond donors (Lipinski definition) is 11. The number of aryl methyl sites for hydroxylation is 7. The lowest BCUT2D eigenvalue weighted by molar-refractivity contribution is 0.0107. The number of phenolic OH excluding ortho intramolecular Hbond substituents is 7. The van der Waals surface area contributed by atoms with E-state index in [1.165, 1.54) is 53.7 Å². The van der Waals surface area contributed by atoms with Gasteiger partial charge in [0, 0.05) is 40.4 Å². The van der Waals surface area contributed by atoms with Gasteiger partial charge in [0.25, 0.3) is 0 Å². The summed E-state index contributed by atoms with van der Waals surface area (Å²) in [7, 11) is 0. The van der Waals surface area contributed by atoms with Gasteiger partial charge >= 0.3 is 11.9 Å². The van der Waals surface area contributed by atoms with Crippen molar-refractivity contribution in [3.05, 3.63) is 235 Å². The average molecular weight is 1600 g/mol. The molecule has 0 unspecified atom stereocenters. The van der Waals surface area contributed by atoms with Crippen molar-refractivity contribution in [1.29, 1.82) is 0 Å². The van der Waals surface area contributed by atoms with Crippen LogP contribution in [0.4, 0.5) is 0 Å². The van der Waals surface area contributed by atoms with Gasteiger partial charge in [0.05, 0.1) is 11.1 Å². The number of unbranched alkanes of at least 4 members (excludes halogenated alkanes) is 6. The lowest BCUT2D eigenvalue weighted by atomic mass is 9.68. The number of rotatable bonds is 26. The first kappa shape index (κ1) is 93.8. The normalized spacial score (nSPS) is 17.6. The van der Waals surface area contributed by atoms with E-state index in [2.05, 4.69) is 86.9 Å². The maximum absolute atomic E-state index is 11.8. The fraction of sp³-hybridized carbons (Fsp3) is 0.437. The van der Waals surface area contributed by atoms with Crippen LogP contribution in [0.5, 0.6) is 57.5 Å². The summed E-state index contributed by atoms with van der Waals surface area (Å²) in [6, 6.07) is 26.1. The molecule has 11 N–H and O–H groups in total. The molecule has 1 heterocycles. The van der Waals surface area contributed by atoms with E-state index in [-0.39, 0.29) is 92.3 Å². The van der Waals surface area contributed by atoms with Crippen molar-refractivity contribution in [2.75, 3.05) is 0 Å². The Morgan fingerprint density at radius 2 is 0.761 bits per heavy atom. The first-order valence-electron chi connectivity index (χ1n) is 42.5. The Labute approximate surface area is 697 Å². The van der Waals surface area contributed by atoms with E-state index >= 15 is 0 Å². The fourth-order valence-corrected chi connectivity index (χ4v) is 17.4. The van der Waals surface area contributed by atoms with Gasteiger partial charge in [0.1, 0.15) is 74.2 Å². The highest BCUT2D eigenvalue weighted by Gasteiger charge is 2.45. The monoisotopic (exact) mass is 1590 g/mol. The summed E-state index contributed by atoms with van der Waals surface area (Å²) >= 11 is 0. The van der Waals surface area contributed by atoms with Gasteiger partial charge in [-0.3, -0.25) is 0 Å². The lowest BCUT2D eigenvalue weighted by Gasteiger charge is -2.46. The zero-order valence-corrected chi connectivity index (χ0v) is 72.8. The van der Waals surface area contributed by atoms with E-state index in [9.17, 15) is 65.8 Å². The van der Waals surface area contributed by atoms with E-state index in [0.717, 1.165) is 187 Å². The average Bonchev–Trinajstić information content (AvgIpc) is 0.746. The van der Waals surface area contributed by atoms with Gasteiger partial charge in [-0.2, -0.15) is 0 Å². The van der Waals surface area contributed by atoms with E-state index in [1.807, 2.05) is 117 Å². The molecule has 14 heteroatoms. The Morgan fingerprint density at radius 3 is 1.14 bits per heavy atom. The minimum absolute atomic E-state index is 0.0267. The maximum atomic E-state index is 11.8. The number of carboxylic acids is 2. The van der Waals surface area contributed by atoms with E-state index < -0.39 is 11.9 Å². The molecular formula is C103H134O14. The van der Waals surface area contributed by atoms with Crippen LogP contribution in [0.2, 0.25) is 0 Å². The van der Waals surface area contributed by atoms with E-state index in [1.54, 1.807) is 24.3 Å². The first-order valence-corrected chi connectivity index (χ1v) is 42.5. The molecule has 0 aromatic heterocycles. The second-order valence-corrected chi connectivity index (χ2v) is 34.0. The van der Waals surface area contributed by atoms with Crippen molar-refractivity contribution in [3.63, 3.8) is 0 Å². The molecule has 0 saturated carbocycles. The second-order valence-electron chi connectivity index (χ2n) is 34.0. The van der Waals surface area contributed by atoms with Crippen LogP contribution >= 0.6 is 0 Å². The van der Waals surface area contributed by atoms with Crippen LogP contribution in [-0.2, 0) is 32.1 Å². The molecule has 4 aliphatic rings. The van der Waals surface area contributed by atoms with E-state index in [0.29, 0.717) is 57.9 Å². The third-order valence-electron chi connectivity index (χ3n) is 23.5. The fourth-order valence-electron chi connectivity index (χ4n) is 17.4. The summed E-state index contributed by atoms with van der Waals surface area (Å²) in [4.78, 5) is 23.5. The molecule has 7 aromatic carbocycles. The van der Waals surface area contributed by atoms with Crippen LogP contribution in [0.25, 0.3) is 33.4 Å². The van der Waals surface area contributed by atoms with Gasteiger partial charge in [-0.05, 0) is 276 Å². The lowest BCUT2D eigenvalue weighted by Crippen LogP contribution is -2.45. The van der Waals surface area contributed by atoms with Crippen molar-refractivity contribution < 1.29 is 70.5 Å². The van der Waals surface area contributed by atoms with Gasteiger partial charge in [0.15, 0.2) is 0 Å². The van der Waals surface area contributed by atoms with Crippen molar-refractivity contribution >= 4 is 23.1 Å². The molecule has 14 nitrogen and oxygen atoms in total. The Balaban J connectivity index is 0.000000202. The Hall–Kier alpha value is -10.3. The standard InChI is InChI=1S/C22H30O4.C21H30O2.C21H26O2.C20H26O4.C19H22O2/c1-5-6-7-8-15-12-18(23)20(21(24)19(15)22(25)26)17-11-14(4)9-10-16(17)13(2)3;1-5-6-7-8-15-12-18(22)20-16-11-14(2)9-10-17(16)21(3,4)23-19(20)13-15;1-5-6-7-8-16-12-19(22)21(20(23)13-16)18-11-15(4)9-10-17(18)14(2)3;1-5-6-13-10-16(21)18(19(22)17(13)20(23)24)15-9-12(4)7-8-14(15)11(2)3;1-5-6-14-10-17(20)19(18(21)11-14)16-9-13(4)7-8-15(16)12(2)3/h11-12,16-17,23-24H,2,5-10H2,1,3-4H3,(H,25,26);11-13,16-17,22H,5-10H2,1-4H3;9-13,22-23H,2,5-8H2,1,3-4H3;9-10,14-15,21-22H,2,5-8H2,1,3-4H3,(H,23,24);7-11,20-21H,2,5-6H2,1,3-4H3/t16-,17+;16-,17-;;14-,15+;/m01.0./s1. The number of ether oxygens (including phenoxy) is 1. The zero-order valence-electron chi connectivity index (χ0n) is 72.8. The number of allylic oxidation sites excluding steroid dienone is 10. The molecule has 630 valence electrons. The first-order chi connectivity index (χ1) is 55.3. The highest BCUT2D eigenvalue weighted by Crippen LogP contribution is 2.55. The molecular weight excluding hydrogens is 1460 g/mol. The summed E-state index contributed by atoms with van der Waals surface area (Å²) in [6.07, 6.45) is 27.6. The van der Waals surface area contributed by atoms with Crippen LogP contribution in [-0.4, -0.2) is 73.7 Å². The van der Waals surface area contributed by atoms with Gasteiger partial charge in [0.2, 0.25) is 0 Å². The molecule has 0 amide bonds. The molecule has 1 aliphatic heterocycles. The molecule has 6 atom stereocenters. The van der Waals surface area contributed by atoms with Gasteiger partial charge in [-0.25, -0.2) is 9.59 Å². The summed E-state index contributed by atoms with van der Waals surface area (Å²) < 4.78 is 6.36. The smallest absolute Gasteiger partial charge is 0.339 e. The van der Waals surface area contributed by atoms with E-state index in [4.69, 9.17) is 4.74 Å². The Kier molecular flexibility index (Phi) is 34.2. The van der Waals surface area contributed by atoms with Gasteiger partial charge in [-0.15, -0.1) is 0 Å². The summed E-state index contributed by atoms with van der Waals surface area (Å²) in [6.45, 7) is 48.9. The van der Waals surface area contributed by atoms with Gasteiger partial charge in [-0.1, -0.05) is 217 Å². The molecule has 0 radical (unpaired) electrons. The molecule has 0 fully saturated rings. The molecule has 117 heavy (non-hydrogen) atoms. The number of aromatic hydroxyl groups is 9. The Bertz CT molecular complexity index is 4790. The molecule has 3 aliphatic carbocycles. The number of carboxylic acid groups (broad SMARTS) is 2. The third-order valence-corrected chi connectivity index (χ3v) is 23.5. The highest BCUT2D eigenvalue weighted by atomic mass is 16.5. The predicted molar refractivity (Wildman–Crippen MR) is 481 cm³/mol. The minimum atomic E-state index is -1.17. The SMILES string of the molecule is C=C(C)[C@@H]1CCC(C)=C[C@H]1c1c(O)cc(CCC)c(C(=O)O)c1O.C=C(C)[C@@H]1CCC(C)=C[C@H]1c1c(O)cc(CCCCC)c(C(=O)O)c1O.C=C(C)c1ccc(C)cc1-c1c(O)cc(CCC)cc1O.C=C(C)c1ccc(C)cc1-c1c(O)cc(CCCCC)cc1O.CCCCCc1cc(O)c2c(c1)OC(C)(C)[C@@H]1CCC(C)=C[C@@H]21. The van der Waals surface area contributed by atoms with Crippen LogP contribution in [0.3, 0.4) is 0 Å². The minimum Gasteiger partial charge on any atom is -0.507 e. The summed E-state index contributed by atoms with van der Waals surface area (Å²) in [5.74, 6) is -0.835. The molecule has 0 spiro atoms. The highest BCUT2D eigenvalue weighted by molar-refractivity contribution is 5.95.